The second kappa shape index (κ2) is 9.42. The number of amides is 1. The number of nitrogens with one attached hydrogen (secondary N) is 1. The molecule has 3 aromatic rings. The molecule has 0 radical (unpaired) electrons. The second-order valence-corrected chi connectivity index (χ2v) is 7.30. The number of aliphatic hydroxyl groups excluding tert-OH is 1. The van der Waals surface area contributed by atoms with Crippen LogP contribution >= 0.6 is 0 Å². The van der Waals surface area contributed by atoms with Gasteiger partial charge in [0.1, 0.15) is 11.3 Å². The number of anilines is 2. The van der Waals surface area contributed by atoms with Crippen LogP contribution in [0.5, 0.6) is 0 Å². The summed E-state index contributed by atoms with van der Waals surface area (Å²) in [5, 5.41) is 12.4. The summed E-state index contributed by atoms with van der Waals surface area (Å²) in [5.41, 5.74) is 1.59. The Bertz CT molecular complexity index is 1160. The van der Waals surface area contributed by atoms with Crippen LogP contribution < -0.4 is 15.8 Å². The van der Waals surface area contributed by atoms with Crippen LogP contribution in [-0.4, -0.2) is 39.1 Å². The molecular formula is C23H27N5O3. The van der Waals surface area contributed by atoms with Crippen molar-refractivity contribution in [3.63, 3.8) is 0 Å². The minimum Gasteiger partial charge on any atom is -0.513 e. The highest BCUT2D eigenvalue weighted by molar-refractivity contribution is 5.91. The van der Waals surface area contributed by atoms with E-state index < -0.39 is 0 Å². The van der Waals surface area contributed by atoms with Crippen LogP contribution in [0.4, 0.5) is 11.6 Å². The fourth-order valence-corrected chi connectivity index (χ4v) is 3.39. The molecule has 2 N–H and O–H groups in total. The first-order chi connectivity index (χ1) is 14.8. The lowest BCUT2D eigenvalue weighted by Gasteiger charge is -2.22. The predicted molar refractivity (Wildman–Crippen MR) is 123 cm³/mol. The number of aliphatic hydroxyl groups is 1. The molecule has 1 atom stereocenters. The lowest BCUT2D eigenvalue weighted by molar-refractivity contribution is -0.116. The van der Waals surface area contributed by atoms with Gasteiger partial charge in [0.25, 0.3) is 5.56 Å². The van der Waals surface area contributed by atoms with E-state index in [9.17, 15) is 14.7 Å². The van der Waals surface area contributed by atoms with Gasteiger partial charge in [0.2, 0.25) is 5.91 Å². The number of fused-ring (bicyclic) bond motifs is 1. The van der Waals surface area contributed by atoms with E-state index in [1.54, 1.807) is 23.7 Å². The van der Waals surface area contributed by atoms with E-state index in [4.69, 9.17) is 0 Å². The van der Waals surface area contributed by atoms with E-state index in [0.29, 0.717) is 36.4 Å². The summed E-state index contributed by atoms with van der Waals surface area (Å²) >= 11 is 0. The predicted octanol–water partition coefficient (Wildman–Crippen LogP) is 3.65. The normalized spacial score (nSPS) is 11.8. The van der Waals surface area contributed by atoms with Crippen LogP contribution in [0.3, 0.4) is 0 Å². The van der Waals surface area contributed by atoms with Gasteiger partial charge in [0.05, 0.1) is 11.8 Å². The summed E-state index contributed by atoms with van der Waals surface area (Å²) in [6, 6.07) is 12.9. The fourth-order valence-electron chi connectivity index (χ4n) is 3.39. The molecule has 1 amide bonds. The number of hydrogen-bond donors (Lipinski definition) is 2. The standard InChI is InChI=1S/C23H27N5O3/c1-5-19(17-9-7-6-8-10-17)28-22-18(11-12-20(26-22)27(4)16(3)30)25-21(23(28)31)24-14-13-15(2)29/h6-12,19,29H,2,5,13-14H2,1,3-4H3,(H,24,25)/t19-/m0/s1. The Morgan fingerprint density at radius 3 is 2.55 bits per heavy atom. The molecule has 2 aromatic heterocycles. The molecule has 2 heterocycles. The van der Waals surface area contributed by atoms with Crippen LogP contribution in [0, 0.1) is 0 Å². The largest absolute Gasteiger partial charge is 0.513 e. The summed E-state index contributed by atoms with van der Waals surface area (Å²) < 4.78 is 1.63. The van der Waals surface area contributed by atoms with E-state index in [1.165, 1.54) is 11.8 Å². The second-order valence-electron chi connectivity index (χ2n) is 7.30. The molecule has 0 aliphatic heterocycles. The van der Waals surface area contributed by atoms with E-state index >= 15 is 0 Å². The maximum atomic E-state index is 13.5. The SMILES string of the molecule is C=C(O)CCNc1nc2ccc(N(C)C(C)=O)nc2n([C@@H](CC)c2ccccc2)c1=O. The van der Waals surface area contributed by atoms with Crippen LogP contribution in [0.1, 0.15) is 38.3 Å². The van der Waals surface area contributed by atoms with Gasteiger partial charge >= 0.3 is 0 Å². The molecule has 0 spiro atoms. The van der Waals surface area contributed by atoms with Crippen molar-refractivity contribution in [2.45, 2.75) is 32.7 Å². The zero-order valence-electron chi connectivity index (χ0n) is 18.0. The van der Waals surface area contributed by atoms with Crippen molar-refractivity contribution < 1.29 is 9.90 Å². The Hall–Kier alpha value is -3.68. The van der Waals surface area contributed by atoms with Crippen LogP contribution in [0.25, 0.3) is 11.2 Å². The van der Waals surface area contributed by atoms with E-state index in [1.807, 2.05) is 37.3 Å². The van der Waals surface area contributed by atoms with Crippen molar-refractivity contribution in [2.75, 3.05) is 23.8 Å². The van der Waals surface area contributed by atoms with E-state index in [2.05, 4.69) is 21.9 Å². The molecular weight excluding hydrogens is 394 g/mol. The van der Waals surface area contributed by atoms with Crippen molar-refractivity contribution in [3.8, 4) is 0 Å². The van der Waals surface area contributed by atoms with Gasteiger partial charge in [0.15, 0.2) is 11.5 Å². The minimum atomic E-state index is -0.318. The number of benzene rings is 1. The van der Waals surface area contributed by atoms with Crippen LogP contribution in [-0.2, 0) is 4.79 Å². The van der Waals surface area contributed by atoms with Gasteiger partial charge in [-0.3, -0.25) is 14.2 Å². The summed E-state index contributed by atoms with van der Waals surface area (Å²) in [6.45, 7) is 7.25. The summed E-state index contributed by atoms with van der Waals surface area (Å²) in [5.74, 6) is 0.488. The van der Waals surface area contributed by atoms with Crippen molar-refractivity contribution in [3.05, 3.63) is 70.7 Å². The van der Waals surface area contributed by atoms with E-state index in [0.717, 1.165) is 5.56 Å². The quantitative estimate of drug-likeness (QED) is 0.539. The number of rotatable bonds is 8. The number of carbonyl (C=O) groups excluding carboxylic acids is 1. The van der Waals surface area contributed by atoms with Gasteiger partial charge in [-0.15, -0.1) is 0 Å². The molecule has 31 heavy (non-hydrogen) atoms. The molecule has 0 aliphatic rings. The van der Waals surface area contributed by atoms with Crippen molar-refractivity contribution in [2.24, 2.45) is 0 Å². The molecule has 8 heteroatoms. The first-order valence-electron chi connectivity index (χ1n) is 10.2. The van der Waals surface area contributed by atoms with E-state index in [-0.39, 0.29) is 29.1 Å². The highest BCUT2D eigenvalue weighted by Crippen LogP contribution is 2.25. The number of aromatic nitrogens is 3. The monoisotopic (exact) mass is 421 g/mol. The molecule has 0 unspecified atom stereocenters. The number of nitrogens with zero attached hydrogens (tertiary/aromatic N) is 4. The number of carbonyl (C=O) groups is 1. The third-order valence-electron chi connectivity index (χ3n) is 5.13. The van der Waals surface area contributed by atoms with Gasteiger partial charge in [-0.25, -0.2) is 9.97 Å². The van der Waals surface area contributed by atoms with Crippen LogP contribution in [0.15, 0.2) is 59.6 Å². The summed E-state index contributed by atoms with van der Waals surface area (Å²) in [7, 11) is 1.64. The first-order valence-corrected chi connectivity index (χ1v) is 10.2. The van der Waals surface area contributed by atoms with Gasteiger partial charge in [0, 0.05) is 26.9 Å². The Kier molecular flexibility index (Phi) is 6.69. The smallest absolute Gasteiger partial charge is 0.295 e. The Labute approximate surface area is 180 Å². The lowest BCUT2D eigenvalue weighted by Crippen LogP contribution is -2.31. The van der Waals surface area contributed by atoms with Gasteiger partial charge in [-0.1, -0.05) is 43.8 Å². The van der Waals surface area contributed by atoms with Gasteiger partial charge in [-0.2, -0.15) is 0 Å². The molecule has 0 aliphatic carbocycles. The molecule has 0 saturated carbocycles. The highest BCUT2D eigenvalue weighted by atomic mass is 16.3. The molecule has 8 nitrogen and oxygen atoms in total. The summed E-state index contributed by atoms with van der Waals surface area (Å²) in [4.78, 5) is 35.8. The average molecular weight is 422 g/mol. The highest BCUT2D eigenvalue weighted by Gasteiger charge is 2.21. The van der Waals surface area contributed by atoms with Crippen LogP contribution in [0.2, 0.25) is 0 Å². The van der Waals surface area contributed by atoms with Gasteiger partial charge < -0.3 is 15.3 Å². The Morgan fingerprint density at radius 1 is 1.23 bits per heavy atom. The molecule has 1 aromatic carbocycles. The molecule has 3 rings (SSSR count). The number of hydrogen-bond acceptors (Lipinski definition) is 6. The van der Waals surface area contributed by atoms with Crippen molar-refractivity contribution in [1.29, 1.82) is 0 Å². The maximum Gasteiger partial charge on any atom is 0.295 e. The molecule has 0 bridgehead atoms. The summed E-state index contributed by atoms with van der Waals surface area (Å²) in [6.07, 6.45) is 0.958. The number of pyridine rings is 1. The molecule has 0 saturated heterocycles. The van der Waals surface area contributed by atoms with Crippen molar-refractivity contribution >= 4 is 28.7 Å². The fraction of sp³-hybridized carbons (Fsp3) is 0.304. The minimum absolute atomic E-state index is 0.0305. The molecule has 162 valence electrons. The maximum absolute atomic E-state index is 13.5. The van der Waals surface area contributed by atoms with Gasteiger partial charge in [-0.05, 0) is 24.1 Å². The lowest BCUT2D eigenvalue weighted by atomic mass is 10.0. The third kappa shape index (κ3) is 4.74. The van der Waals surface area contributed by atoms with Crippen molar-refractivity contribution in [1.82, 2.24) is 14.5 Å². The average Bonchev–Trinajstić information content (AvgIpc) is 2.76. The zero-order chi connectivity index (χ0) is 22.5. The topological polar surface area (TPSA) is 100 Å². The Morgan fingerprint density at radius 2 is 1.94 bits per heavy atom. The Balaban J connectivity index is 2.23. The molecule has 0 fully saturated rings. The first kappa shape index (κ1) is 22.0. The third-order valence-corrected chi connectivity index (χ3v) is 5.13. The zero-order valence-corrected chi connectivity index (χ0v) is 18.0.